The maximum Gasteiger partial charge on any atom is 0.0898 e. The average Bonchev–Trinajstić information content (AvgIpc) is 2.18. The molecular formula is C12H17NO. The number of aliphatic hydroxyl groups is 1. The third kappa shape index (κ3) is 1.68. The van der Waals surface area contributed by atoms with Gasteiger partial charge in [0.05, 0.1) is 5.60 Å². The lowest BCUT2D eigenvalue weighted by molar-refractivity contribution is -0.136. The van der Waals surface area contributed by atoms with E-state index in [0.29, 0.717) is 0 Å². The highest BCUT2D eigenvalue weighted by Gasteiger charge is 2.44. The van der Waals surface area contributed by atoms with Crippen LogP contribution in [0.15, 0.2) is 30.3 Å². The highest BCUT2D eigenvalue weighted by atomic mass is 16.3. The van der Waals surface area contributed by atoms with Gasteiger partial charge in [-0.1, -0.05) is 30.3 Å². The van der Waals surface area contributed by atoms with E-state index in [1.807, 2.05) is 13.0 Å². The second-order valence-electron chi connectivity index (χ2n) is 4.42. The van der Waals surface area contributed by atoms with E-state index in [9.17, 15) is 5.11 Å². The predicted molar refractivity (Wildman–Crippen MR) is 56.9 cm³/mol. The molecule has 0 radical (unpaired) electrons. The smallest absolute Gasteiger partial charge is 0.0898 e. The van der Waals surface area contributed by atoms with Crippen molar-refractivity contribution in [1.82, 2.24) is 4.90 Å². The number of hydrogen-bond acceptors (Lipinski definition) is 2. The Labute approximate surface area is 85.2 Å². The van der Waals surface area contributed by atoms with Crippen molar-refractivity contribution in [1.29, 1.82) is 0 Å². The summed E-state index contributed by atoms with van der Waals surface area (Å²) in [6.07, 6.45) is 0. The van der Waals surface area contributed by atoms with Crippen LogP contribution < -0.4 is 0 Å². The summed E-state index contributed by atoms with van der Waals surface area (Å²) in [5, 5.41) is 9.79. The van der Waals surface area contributed by atoms with Crippen LogP contribution in [0.1, 0.15) is 19.4 Å². The molecule has 1 aromatic carbocycles. The number of benzene rings is 1. The first-order chi connectivity index (χ1) is 6.59. The van der Waals surface area contributed by atoms with Crippen molar-refractivity contribution in [2.24, 2.45) is 0 Å². The van der Waals surface area contributed by atoms with Crippen LogP contribution in [0.4, 0.5) is 0 Å². The molecule has 0 saturated carbocycles. The molecular weight excluding hydrogens is 174 g/mol. The SMILES string of the molecule is C[C@@H]1N(Cc2ccccc2)C[C@]1(C)O. The minimum Gasteiger partial charge on any atom is -0.387 e. The zero-order chi connectivity index (χ0) is 10.2. The van der Waals surface area contributed by atoms with Crippen molar-refractivity contribution in [3.05, 3.63) is 35.9 Å². The van der Waals surface area contributed by atoms with Gasteiger partial charge in [0.1, 0.15) is 0 Å². The summed E-state index contributed by atoms with van der Waals surface area (Å²) in [5.74, 6) is 0. The van der Waals surface area contributed by atoms with E-state index in [4.69, 9.17) is 0 Å². The van der Waals surface area contributed by atoms with E-state index >= 15 is 0 Å². The molecule has 0 aliphatic carbocycles. The Hall–Kier alpha value is -0.860. The van der Waals surface area contributed by atoms with Crippen LogP contribution in [0.25, 0.3) is 0 Å². The van der Waals surface area contributed by atoms with Gasteiger partial charge in [-0.15, -0.1) is 0 Å². The Morgan fingerprint density at radius 3 is 2.57 bits per heavy atom. The first-order valence-electron chi connectivity index (χ1n) is 5.10. The van der Waals surface area contributed by atoms with Crippen LogP contribution in [0.3, 0.4) is 0 Å². The minimum atomic E-state index is -0.491. The minimum absolute atomic E-state index is 0.266. The topological polar surface area (TPSA) is 23.5 Å². The fourth-order valence-corrected chi connectivity index (χ4v) is 1.97. The zero-order valence-corrected chi connectivity index (χ0v) is 8.77. The molecule has 0 amide bonds. The molecule has 1 N–H and O–H groups in total. The summed E-state index contributed by atoms with van der Waals surface area (Å²) in [6, 6.07) is 10.6. The van der Waals surface area contributed by atoms with Gasteiger partial charge in [0.2, 0.25) is 0 Å². The Balaban J connectivity index is 1.96. The third-order valence-electron chi connectivity index (χ3n) is 3.20. The van der Waals surface area contributed by atoms with Gasteiger partial charge in [0, 0.05) is 19.1 Å². The molecule has 0 unspecified atom stereocenters. The van der Waals surface area contributed by atoms with E-state index in [0.717, 1.165) is 13.1 Å². The van der Waals surface area contributed by atoms with Gasteiger partial charge in [-0.2, -0.15) is 0 Å². The fraction of sp³-hybridized carbons (Fsp3) is 0.500. The maximum absolute atomic E-state index is 9.79. The molecule has 1 aromatic rings. The monoisotopic (exact) mass is 191 g/mol. The number of rotatable bonds is 2. The van der Waals surface area contributed by atoms with Crippen LogP contribution in [0.2, 0.25) is 0 Å². The molecule has 2 nitrogen and oxygen atoms in total. The van der Waals surface area contributed by atoms with Gasteiger partial charge in [-0.25, -0.2) is 0 Å². The van der Waals surface area contributed by atoms with Crippen molar-refractivity contribution in [3.8, 4) is 0 Å². The zero-order valence-electron chi connectivity index (χ0n) is 8.77. The highest BCUT2D eigenvalue weighted by Crippen LogP contribution is 2.29. The van der Waals surface area contributed by atoms with E-state index in [-0.39, 0.29) is 6.04 Å². The van der Waals surface area contributed by atoms with E-state index in [1.54, 1.807) is 0 Å². The molecule has 1 aliphatic heterocycles. The molecule has 1 aliphatic rings. The van der Waals surface area contributed by atoms with Gasteiger partial charge in [-0.05, 0) is 19.4 Å². The van der Waals surface area contributed by atoms with Gasteiger partial charge >= 0.3 is 0 Å². The molecule has 1 fully saturated rings. The van der Waals surface area contributed by atoms with Crippen LogP contribution in [-0.4, -0.2) is 28.2 Å². The standard InChI is InChI=1S/C12H17NO/c1-10-12(2,14)9-13(10)8-11-6-4-3-5-7-11/h3-7,10,14H,8-9H2,1-2H3/t10-,12-/m0/s1. The number of hydrogen-bond donors (Lipinski definition) is 1. The number of likely N-dealkylation sites (tertiary alicyclic amines) is 1. The maximum atomic E-state index is 9.79. The van der Waals surface area contributed by atoms with Crippen molar-refractivity contribution in [3.63, 3.8) is 0 Å². The molecule has 2 rings (SSSR count). The highest BCUT2D eigenvalue weighted by molar-refractivity contribution is 5.16. The van der Waals surface area contributed by atoms with E-state index in [1.165, 1.54) is 5.56 Å². The molecule has 1 heterocycles. The largest absolute Gasteiger partial charge is 0.387 e. The molecule has 2 heteroatoms. The Morgan fingerprint density at radius 1 is 1.43 bits per heavy atom. The Bertz CT molecular complexity index is 307. The van der Waals surface area contributed by atoms with E-state index in [2.05, 4.69) is 36.1 Å². The van der Waals surface area contributed by atoms with E-state index < -0.39 is 5.60 Å². The molecule has 76 valence electrons. The lowest BCUT2D eigenvalue weighted by atomic mass is 9.86. The van der Waals surface area contributed by atoms with Crippen LogP contribution in [0.5, 0.6) is 0 Å². The molecule has 0 spiro atoms. The average molecular weight is 191 g/mol. The van der Waals surface area contributed by atoms with Crippen molar-refractivity contribution in [2.75, 3.05) is 6.54 Å². The van der Waals surface area contributed by atoms with Crippen molar-refractivity contribution >= 4 is 0 Å². The molecule has 2 atom stereocenters. The quantitative estimate of drug-likeness (QED) is 0.768. The van der Waals surface area contributed by atoms with Gasteiger partial charge in [0.15, 0.2) is 0 Å². The lowest BCUT2D eigenvalue weighted by Crippen LogP contribution is -2.66. The third-order valence-corrected chi connectivity index (χ3v) is 3.20. The number of β-amino-alcohol motifs (C(OH)–C–C–N with tert-alkyl or cyclic N) is 1. The fourth-order valence-electron chi connectivity index (χ4n) is 1.97. The Kier molecular flexibility index (Phi) is 2.33. The predicted octanol–water partition coefficient (Wildman–Crippen LogP) is 1.64. The summed E-state index contributed by atoms with van der Waals surface area (Å²) in [7, 11) is 0. The van der Waals surface area contributed by atoms with Gasteiger partial charge in [0.25, 0.3) is 0 Å². The summed E-state index contributed by atoms with van der Waals surface area (Å²) in [5.41, 5.74) is 0.823. The first-order valence-corrected chi connectivity index (χ1v) is 5.10. The van der Waals surface area contributed by atoms with Gasteiger partial charge in [-0.3, -0.25) is 4.90 Å². The molecule has 14 heavy (non-hydrogen) atoms. The summed E-state index contributed by atoms with van der Waals surface area (Å²) in [6.45, 7) is 5.70. The van der Waals surface area contributed by atoms with Crippen molar-refractivity contribution in [2.45, 2.75) is 32.0 Å². The first kappa shape index (κ1) is 9.69. The Morgan fingerprint density at radius 2 is 2.07 bits per heavy atom. The lowest BCUT2D eigenvalue weighted by Gasteiger charge is -2.51. The number of nitrogens with zero attached hydrogens (tertiary/aromatic N) is 1. The van der Waals surface area contributed by atoms with Crippen LogP contribution in [-0.2, 0) is 6.54 Å². The molecule has 0 bridgehead atoms. The normalized spacial score (nSPS) is 32.6. The second kappa shape index (κ2) is 3.37. The molecule has 1 saturated heterocycles. The second-order valence-corrected chi connectivity index (χ2v) is 4.42. The summed E-state index contributed by atoms with van der Waals surface area (Å²) in [4.78, 5) is 2.29. The summed E-state index contributed by atoms with van der Waals surface area (Å²) < 4.78 is 0. The van der Waals surface area contributed by atoms with Gasteiger partial charge < -0.3 is 5.11 Å². The molecule has 0 aromatic heterocycles. The van der Waals surface area contributed by atoms with Crippen molar-refractivity contribution < 1.29 is 5.11 Å². The summed E-state index contributed by atoms with van der Waals surface area (Å²) >= 11 is 0. The van der Waals surface area contributed by atoms with Crippen LogP contribution in [0, 0.1) is 0 Å². The van der Waals surface area contributed by atoms with Crippen LogP contribution >= 0.6 is 0 Å².